The van der Waals surface area contributed by atoms with Gasteiger partial charge < -0.3 is 0 Å². The highest BCUT2D eigenvalue weighted by Crippen LogP contribution is 2.30. The second-order valence-corrected chi connectivity index (χ2v) is 10.0. The van der Waals surface area contributed by atoms with E-state index in [1.165, 1.54) is 0 Å². The Morgan fingerprint density at radius 1 is 1.17 bits per heavy atom. The lowest BCUT2D eigenvalue weighted by Crippen LogP contribution is -2.22. The normalized spacial score (nSPS) is 11.5. The first kappa shape index (κ1) is 21.9. The third-order valence-corrected chi connectivity index (χ3v) is 7.00. The van der Waals surface area contributed by atoms with Gasteiger partial charge in [-0.15, -0.1) is 0 Å². The number of anilines is 1. The van der Waals surface area contributed by atoms with Gasteiger partial charge in [-0.3, -0.25) is 9.40 Å². The lowest BCUT2D eigenvalue weighted by Gasteiger charge is -2.11. The average molecular weight is 443 g/mol. The van der Waals surface area contributed by atoms with E-state index >= 15 is 0 Å². The Labute approximate surface area is 182 Å². The number of hydrogen-bond acceptors (Lipinski definition) is 4. The number of rotatable bonds is 6. The molecule has 0 atom stereocenters. The summed E-state index contributed by atoms with van der Waals surface area (Å²) in [6, 6.07) is 14.7. The van der Waals surface area contributed by atoms with E-state index in [9.17, 15) is 8.42 Å². The van der Waals surface area contributed by atoms with Crippen LogP contribution in [0.4, 0.5) is 5.69 Å². The van der Waals surface area contributed by atoms with Crippen LogP contribution in [-0.2, 0) is 16.6 Å². The Kier molecular flexibility index (Phi) is 6.20. The Bertz CT molecular complexity index is 1220. The van der Waals surface area contributed by atoms with Crippen molar-refractivity contribution in [1.29, 1.82) is 5.26 Å². The van der Waals surface area contributed by atoms with E-state index in [-0.39, 0.29) is 0 Å². The average Bonchev–Trinajstić information content (AvgIpc) is 2.96. The summed E-state index contributed by atoms with van der Waals surface area (Å²) in [5, 5.41) is 13.7. The minimum Gasteiger partial charge on any atom is -0.283 e. The first-order chi connectivity index (χ1) is 14.1. The lowest BCUT2D eigenvalue weighted by atomic mass is 10.0. The van der Waals surface area contributed by atoms with E-state index in [2.05, 4.69) is 15.9 Å². The molecule has 2 aromatic carbocycles. The summed E-state index contributed by atoms with van der Waals surface area (Å²) in [7, 11) is -3.37. The van der Waals surface area contributed by atoms with Gasteiger partial charge in [0.25, 0.3) is 0 Å². The summed E-state index contributed by atoms with van der Waals surface area (Å²) in [6.45, 7) is 7.76. The van der Waals surface area contributed by atoms with Gasteiger partial charge in [0.15, 0.2) is 0 Å². The molecular formula is C22H23ClN4O2S. The molecule has 30 heavy (non-hydrogen) atoms. The van der Waals surface area contributed by atoms with Crippen LogP contribution in [0.25, 0.3) is 11.1 Å². The SMILES string of the molecule is Cc1nn(Cc2ccc(NS(=O)(=O)C(C)C)cc2)c(C)c1-c1ccc(C#N)c(Cl)c1. The van der Waals surface area contributed by atoms with Crippen molar-refractivity contribution in [3.05, 3.63) is 70.0 Å². The summed E-state index contributed by atoms with van der Waals surface area (Å²) in [4.78, 5) is 0. The Hall–Kier alpha value is -2.82. The number of hydrogen-bond donors (Lipinski definition) is 1. The van der Waals surface area contributed by atoms with Crippen molar-refractivity contribution in [2.45, 2.75) is 39.5 Å². The van der Waals surface area contributed by atoms with Crippen LogP contribution in [0, 0.1) is 25.2 Å². The molecule has 0 radical (unpaired) electrons. The second kappa shape index (κ2) is 8.50. The minimum atomic E-state index is -3.37. The van der Waals surface area contributed by atoms with Crippen molar-refractivity contribution in [3.8, 4) is 17.2 Å². The zero-order valence-electron chi connectivity index (χ0n) is 17.3. The van der Waals surface area contributed by atoms with Gasteiger partial charge in [0.2, 0.25) is 10.0 Å². The molecular weight excluding hydrogens is 420 g/mol. The van der Waals surface area contributed by atoms with E-state index < -0.39 is 15.3 Å². The number of aryl methyl sites for hydroxylation is 1. The van der Waals surface area contributed by atoms with Gasteiger partial charge in [-0.2, -0.15) is 10.4 Å². The third-order valence-electron chi connectivity index (χ3n) is 4.93. The maximum atomic E-state index is 12.0. The van der Waals surface area contributed by atoms with Gasteiger partial charge in [0, 0.05) is 16.9 Å². The highest BCUT2D eigenvalue weighted by Gasteiger charge is 2.17. The second-order valence-electron chi connectivity index (χ2n) is 7.40. The number of sulfonamides is 1. The molecule has 1 aromatic heterocycles. The van der Waals surface area contributed by atoms with Crippen LogP contribution in [0.3, 0.4) is 0 Å². The van der Waals surface area contributed by atoms with Crippen LogP contribution in [0.1, 0.15) is 36.4 Å². The molecule has 0 aliphatic carbocycles. The van der Waals surface area contributed by atoms with Gasteiger partial charge in [-0.1, -0.05) is 29.8 Å². The Morgan fingerprint density at radius 3 is 2.40 bits per heavy atom. The number of nitrogens with one attached hydrogen (secondary N) is 1. The van der Waals surface area contributed by atoms with Gasteiger partial charge >= 0.3 is 0 Å². The summed E-state index contributed by atoms with van der Waals surface area (Å²) in [5.74, 6) is 0. The van der Waals surface area contributed by atoms with Crippen molar-refractivity contribution in [1.82, 2.24) is 9.78 Å². The predicted octanol–water partition coefficient (Wildman–Crippen LogP) is 4.89. The Morgan fingerprint density at radius 2 is 1.83 bits per heavy atom. The highest BCUT2D eigenvalue weighted by molar-refractivity contribution is 7.93. The molecule has 8 heteroatoms. The number of benzene rings is 2. The molecule has 6 nitrogen and oxygen atoms in total. The molecule has 1 N–H and O–H groups in total. The van der Waals surface area contributed by atoms with E-state index in [0.717, 1.165) is 28.1 Å². The molecule has 0 unspecified atom stereocenters. The van der Waals surface area contributed by atoms with Crippen LogP contribution in [0.2, 0.25) is 5.02 Å². The number of halogens is 1. The van der Waals surface area contributed by atoms with Crippen molar-refractivity contribution in [2.75, 3.05) is 4.72 Å². The molecule has 0 aliphatic rings. The fourth-order valence-electron chi connectivity index (χ4n) is 3.16. The molecule has 3 aromatic rings. The van der Waals surface area contributed by atoms with Gasteiger partial charge in [-0.25, -0.2) is 8.42 Å². The van der Waals surface area contributed by atoms with Crippen molar-refractivity contribution >= 4 is 27.3 Å². The van der Waals surface area contributed by atoms with Crippen LogP contribution in [0.5, 0.6) is 0 Å². The maximum Gasteiger partial charge on any atom is 0.235 e. The molecule has 0 bridgehead atoms. The molecule has 156 valence electrons. The van der Waals surface area contributed by atoms with Crippen molar-refractivity contribution < 1.29 is 8.42 Å². The van der Waals surface area contributed by atoms with Crippen LogP contribution in [0.15, 0.2) is 42.5 Å². The first-order valence-electron chi connectivity index (χ1n) is 9.47. The van der Waals surface area contributed by atoms with E-state index in [4.69, 9.17) is 16.9 Å². The summed E-state index contributed by atoms with van der Waals surface area (Å²) in [6.07, 6.45) is 0. The smallest absolute Gasteiger partial charge is 0.235 e. The zero-order chi connectivity index (χ0) is 22.1. The van der Waals surface area contributed by atoms with Crippen LogP contribution < -0.4 is 4.72 Å². The van der Waals surface area contributed by atoms with E-state index in [1.807, 2.05) is 36.7 Å². The topological polar surface area (TPSA) is 87.8 Å². The minimum absolute atomic E-state index is 0.418. The van der Waals surface area contributed by atoms with Gasteiger partial charge in [0.05, 0.1) is 28.1 Å². The van der Waals surface area contributed by atoms with Crippen molar-refractivity contribution in [3.63, 3.8) is 0 Å². The Balaban J connectivity index is 1.84. The quantitative estimate of drug-likeness (QED) is 0.588. The standard InChI is InChI=1S/C22H23ClN4O2S/c1-14(2)30(28,29)26-20-9-5-17(6-10-20)13-27-16(4)22(15(3)25-27)18-7-8-19(12-24)21(23)11-18/h5-11,14,26H,13H2,1-4H3. The fourth-order valence-corrected chi connectivity index (χ4v) is 4.09. The molecule has 0 saturated heterocycles. The van der Waals surface area contributed by atoms with Crippen LogP contribution >= 0.6 is 11.6 Å². The molecule has 0 spiro atoms. The third kappa shape index (κ3) is 4.50. The van der Waals surface area contributed by atoms with Crippen LogP contribution in [-0.4, -0.2) is 23.4 Å². The maximum absolute atomic E-state index is 12.0. The molecule has 0 saturated carbocycles. The lowest BCUT2D eigenvalue weighted by molar-refractivity contribution is 0.593. The predicted molar refractivity (Wildman–Crippen MR) is 120 cm³/mol. The van der Waals surface area contributed by atoms with Gasteiger partial charge in [-0.05, 0) is 63.1 Å². The molecule has 0 amide bonds. The van der Waals surface area contributed by atoms with Crippen molar-refractivity contribution in [2.24, 2.45) is 0 Å². The molecule has 3 rings (SSSR count). The number of nitrogens with zero attached hydrogens (tertiary/aromatic N) is 3. The van der Waals surface area contributed by atoms with E-state index in [1.54, 1.807) is 38.1 Å². The van der Waals surface area contributed by atoms with E-state index in [0.29, 0.717) is 22.8 Å². The zero-order valence-corrected chi connectivity index (χ0v) is 18.8. The number of nitriles is 1. The molecule has 1 heterocycles. The summed E-state index contributed by atoms with van der Waals surface area (Å²) >= 11 is 6.20. The first-order valence-corrected chi connectivity index (χ1v) is 11.4. The molecule has 0 aliphatic heterocycles. The van der Waals surface area contributed by atoms with Gasteiger partial charge in [0.1, 0.15) is 6.07 Å². The monoisotopic (exact) mass is 442 g/mol. The highest BCUT2D eigenvalue weighted by atomic mass is 35.5. The fraction of sp³-hybridized carbons (Fsp3) is 0.273. The summed E-state index contributed by atoms with van der Waals surface area (Å²) in [5.41, 5.74) is 5.73. The summed E-state index contributed by atoms with van der Waals surface area (Å²) < 4.78 is 28.5. The molecule has 0 fully saturated rings. The largest absolute Gasteiger partial charge is 0.283 e. The number of aromatic nitrogens is 2.